The summed E-state index contributed by atoms with van der Waals surface area (Å²) in [5.41, 5.74) is 2.41. The maximum Gasteiger partial charge on any atom is 0.326 e. The zero-order valence-electron chi connectivity index (χ0n) is 13.2. The summed E-state index contributed by atoms with van der Waals surface area (Å²) < 4.78 is 5.32. The highest BCUT2D eigenvalue weighted by molar-refractivity contribution is 5.96. The van der Waals surface area contributed by atoms with Crippen LogP contribution in [0.4, 0.5) is 0 Å². The Labute approximate surface area is 134 Å². The number of hydrogen-bond acceptors (Lipinski definition) is 4. The first-order valence-corrected chi connectivity index (χ1v) is 7.38. The van der Waals surface area contributed by atoms with Gasteiger partial charge in [0, 0.05) is 25.6 Å². The molecule has 0 saturated heterocycles. The van der Waals surface area contributed by atoms with Crippen molar-refractivity contribution in [1.82, 2.24) is 10.2 Å². The highest BCUT2D eigenvalue weighted by Crippen LogP contribution is 2.22. The molecule has 1 aliphatic rings. The molecule has 2 amide bonds. The topological polar surface area (TPSA) is 95.9 Å². The summed E-state index contributed by atoms with van der Waals surface area (Å²) in [6, 6.07) is 4.26. The lowest BCUT2D eigenvalue weighted by atomic mass is 10.0. The molecule has 1 aliphatic heterocycles. The minimum absolute atomic E-state index is 0.124. The van der Waals surface area contributed by atoms with E-state index in [-0.39, 0.29) is 24.9 Å². The SMILES string of the molecule is CC(=O)NCCN(C(=O)c1ccc2c(c1)COC2)C(C)C(=O)O. The number of hydrogen-bond donors (Lipinski definition) is 2. The molecule has 1 atom stereocenters. The zero-order chi connectivity index (χ0) is 17.0. The third-order valence-electron chi connectivity index (χ3n) is 3.78. The zero-order valence-corrected chi connectivity index (χ0v) is 13.2. The van der Waals surface area contributed by atoms with Crippen molar-refractivity contribution in [3.63, 3.8) is 0 Å². The van der Waals surface area contributed by atoms with Gasteiger partial charge in [-0.25, -0.2) is 4.79 Å². The molecule has 7 heteroatoms. The third-order valence-corrected chi connectivity index (χ3v) is 3.78. The quantitative estimate of drug-likeness (QED) is 0.807. The van der Waals surface area contributed by atoms with Gasteiger partial charge in [-0.3, -0.25) is 9.59 Å². The second-order valence-electron chi connectivity index (χ2n) is 5.47. The molecular weight excluding hydrogens is 300 g/mol. The predicted molar refractivity (Wildman–Crippen MR) is 81.8 cm³/mol. The molecular formula is C16H20N2O5. The molecule has 124 valence electrons. The highest BCUT2D eigenvalue weighted by Gasteiger charge is 2.27. The van der Waals surface area contributed by atoms with E-state index in [0.717, 1.165) is 11.1 Å². The van der Waals surface area contributed by atoms with Crippen LogP contribution in [-0.2, 0) is 27.5 Å². The standard InChI is InChI=1S/C16H20N2O5/c1-10(16(21)22)18(6-5-17-11(2)19)15(20)12-3-4-13-8-23-9-14(13)7-12/h3-4,7,10H,5-6,8-9H2,1-2H3,(H,17,19)(H,21,22). The van der Waals surface area contributed by atoms with Crippen molar-refractivity contribution in [2.24, 2.45) is 0 Å². The number of nitrogens with one attached hydrogen (secondary N) is 1. The first-order chi connectivity index (χ1) is 10.9. The molecule has 0 aliphatic carbocycles. The van der Waals surface area contributed by atoms with Gasteiger partial charge in [-0.05, 0) is 30.2 Å². The average molecular weight is 320 g/mol. The van der Waals surface area contributed by atoms with E-state index in [9.17, 15) is 19.5 Å². The lowest BCUT2D eigenvalue weighted by molar-refractivity contribution is -0.141. The molecule has 1 unspecified atom stereocenters. The van der Waals surface area contributed by atoms with Crippen LogP contribution < -0.4 is 5.32 Å². The molecule has 7 nitrogen and oxygen atoms in total. The fraction of sp³-hybridized carbons (Fsp3) is 0.438. The molecule has 1 heterocycles. The van der Waals surface area contributed by atoms with Gasteiger partial charge in [0.15, 0.2) is 0 Å². The summed E-state index contributed by atoms with van der Waals surface area (Å²) in [7, 11) is 0. The molecule has 0 bridgehead atoms. The highest BCUT2D eigenvalue weighted by atomic mass is 16.5. The van der Waals surface area contributed by atoms with Gasteiger partial charge in [-0.2, -0.15) is 0 Å². The van der Waals surface area contributed by atoms with E-state index < -0.39 is 12.0 Å². The number of fused-ring (bicyclic) bond motifs is 1. The van der Waals surface area contributed by atoms with Gasteiger partial charge in [-0.1, -0.05) is 6.07 Å². The Kier molecular flexibility index (Phi) is 5.33. The second-order valence-corrected chi connectivity index (χ2v) is 5.47. The lowest BCUT2D eigenvalue weighted by Crippen LogP contribution is -2.46. The summed E-state index contributed by atoms with van der Waals surface area (Å²) in [5.74, 6) is -1.69. The average Bonchev–Trinajstić information content (AvgIpc) is 2.97. The molecule has 0 aromatic heterocycles. The number of rotatable bonds is 6. The van der Waals surface area contributed by atoms with Crippen LogP contribution >= 0.6 is 0 Å². The molecule has 0 radical (unpaired) electrons. The van der Waals surface area contributed by atoms with Crippen molar-refractivity contribution < 1.29 is 24.2 Å². The number of carbonyl (C=O) groups excluding carboxylic acids is 2. The Morgan fingerprint density at radius 3 is 2.65 bits per heavy atom. The monoisotopic (exact) mass is 320 g/mol. The van der Waals surface area contributed by atoms with Gasteiger partial charge < -0.3 is 20.1 Å². The Morgan fingerprint density at radius 2 is 2.00 bits per heavy atom. The van der Waals surface area contributed by atoms with Crippen molar-refractivity contribution >= 4 is 17.8 Å². The Morgan fingerprint density at radius 1 is 1.30 bits per heavy atom. The van der Waals surface area contributed by atoms with Gasteiger partial charge >= 0.3 is 5.97 Å². The molecule has 2 rings (SSSR count). The number of carboxylic acid groups (broad SMARTS) is 1. The van der Waals surface area contributed by atoms with Crippen molar-refractivity contribution in [3.8, 4) is 0 Å². The van der Waals surface area contributed by atoms with Gasteiger partial charge in [0.2, 0.25) is 5.91 Å². The molecule has 0 spiro atoms. The second kappa shape index (κ2) is 7.23. The summed E-state index contributed by atoms with van der Waals surface area (Å²) in [4.78, 5) is 36.1. The molecule has 23 heavy (non-hydrogen) atoms. The van der Waals surface area contributed by atoms with Gasteiger partial charge in [0.05, 0.1) is 13.2 Å². The Hall–Kier alpha value is -2.41. The summed E-state index contributed by atoms with van der Waals surface area (Å²) >= 11 is 0. The van der Waals surface area contributed by atoms with Gasteiger partial charge in [0.1, 0.15) is 6.04 Å². The molecule has 1 aromatic rings. The third kappa shape index (κ3) is 4.07. The van der Waals surface area contributed by atoms with E-state index in [4.69, 9.17) is 4.74 Å². The maximum absolute atomic E-state index is 12.7. The van der Waals surface area contributed by atoms with E-state index in [1.54, 1.807) is 12.1 Å². The van der Waals surface area contributed by atoms with Crippen LogP contribution in [0.3, 0.4) is 0 Å². The van der Waals surface area contributed by atoms with Crippen molar-refractivity contribution in [1.29, 1.82) is 0 Å². The fourth-order valence-electron chi connectivity index (χ4n) is 2.43. The first kappa shape index (κ1) is 17.0. The maximum atomic E-state index is 12.7. The van der Waals surface area contributed by atoms with Crippen LogP contribution in [0.5, 0.6) is 0 Å². The van der Waals surface area contributed by atoms with Crippen molar-refractivity contribution in [3.05, 3.63) is 34.9 Å². The number of benzene rings is 1. The van der Waals surface area contributed by atoms with Crippen molar-refractivity contribution in [2.75, 3.05) is 13.1 Å². The number of amides is 2. The molecule has 1 aromatic carbocycles. The number of aliphatic carboxylic acids is 1. The summed E-state index contributed by atoms with van der Waals surface area (Å²) in [5, 5.41) is 11.8. The molecule has 0 saturated carbocycles. The van der Waals surface area contributed by atoms with E-state index >= 15 is 0 Å². The van der Waals surface area contributed by atoms with Crippen LogP contribution in [-0.4, -0.2) is 46.9 Å². The van der Waals surface area contributed by atoms with E-state index in [0.29, 0.717) is 18.8 Å². The number of ether oxygens (including phenoxy) is 1. The smallest absolute Gasteiger partial charge is 0.326 e. The minimum atomic E-state index is -1.09. The van der Waals surface area contributed by atoms with Crippen LogP contribution in [0.15, 0.2) is 18.2 Å². The van der Waals surface area contributed by atoms with Crippen LogP contribution in [0.2, 0.25) is 0 Å². The molecule has 0 fully saturated rings. The van der Waals surface area contributed by atoms with Crippen LogP contribution in [0.25, 0.3) is 0 Å². The van der Waals surface area contributed by atoms with Crippen molar-refractivity contribution in [2.45, 2.75) is 33.1 Å². The van der Waals surface area contributed by atoms with E-state index in [1.807, 2.05) is 6.07 Å². The van der Waals surface area contributed by atoms with Gasteiger partial charge in [-0.15, -0.1) is 0 Å². The Bertz CT molecular complexity index is 629. The van der Waals surface area contributed by atoms with Crippen LogP contribution in [0.1, 0.15) is 35.3 Å². The number of carbonyl (C=O) groups is 3. The lowest BCUT2D eigenvalue weighted by Gasteiger charge is -2.27. The van der Waals surface area contributed by atoms with E-state index in [1.165, 1.54) is 18.7 Å². The predicted octanol–water partition coefficient (Wildman–Crippen LogP) is 0.768. The number of carboxylic acids is 1. The largest absolute Gasteiger partial charge is 0.480 e. The van der Waals surface area contributed by atoms with E-state index in [2.05, 4.69) is 5.32 Å². The molecule has 2 N–H and O–H groups in total. The van der Waals surface area contributed by atoms with Gasteiger partial charge in [0.25, 0.3) is 5.91 Å². The number of nitrogens with zero attached hydrogens (tertiary/aromatic N) is 1. The fourth-order valence-corrected chi connectivity index (χ4v) is 2.43. The summed E-state index contributed by atoms with van der Waals surface area (Å²) in [6.45, 7) is 4.13. The Balaban J connectivity index is 2.17. The minimum Gasteiger partial charge on any atom is -0.480 e. The first-order valence-electron chi connectivity index (χ1n) is 7.38. The van der Waals surface area contributed by atoms with Crippen LogP contribution in [0, 0.1) is 0 Å². The summed E-state index contributed by atoms with van der Waals surface area (Å²) in [6.07, 6.45) is 0. The normalized spacial score (nSPS) is 14.0.